The Hall–Kier alpha value is -0.840. The van der Waals surface area contributed by atoms with Gasteiger partial charge in [0.1, 0.15) is 0 Å². The average Bonchev–Trinajstić information content (AvgIpc) is 2.19. The zero-order valence-electron chi connectivity index (χ0n) is 4.36. The first-order valence-electron chi connectivity index (χ1n) is 2.43. The maximum Gasteiger partial charge on any atom is 0.186 e. The van der Waals surface area contributed by atoms with Crippen molar-refractivity contribution in [2.24, 2.45) is 26.4 Å². The molecule has 0 fully saturated rings. The van der Waals surface area contributed by atoms with Gasteiger partial charge in [0.05, 0.1) is 0 Å². The van der Waals surface area contributed by atoms with Crippen LogP contribution in [0.15, 0.2) is 20.7 Å². The third-order valence-electron chi connectivity index (χ3n) is 0.835. The molecule has 0 saturated carbocycles. The van der Waals surface area contributed by atoms with E-state index < -0.39 is 0 Å². The summed E-state index contributed by atoms with van der Waals surface area (Å²) in [6.07, 6.45) is 0.646. The van der Waals surface area contributed by atoms with Crippen molar-refractivity contribution in [2.45, 2.75) is 12.6 Å². The summed E-state index contributed by atoms with van der Waals surface area (Å²) in [6.45, 7) is 0.586. The molecule has 44 valence electrons. The average molecular weight is 113 g/mol. The quantitative estimate of drug-likeness (QED) is 0.556. The Morgan fingerprint density at radius 1 is 1.25 bits per heavy atom. The molecule has 1 aliphatic heterocycles. The molecule has 0 aromatic carbocycles. The van der Waals surface area contributed by atoms with Crippen LogP contribution in [-0.4, -0.2) is 12.7 Å². The predicted octanol–water partition coefficient (Wildman–Crippen LogP) is 0.494. The number of nitrogens with zero attached hydrogens (tertiary/aromatic N) is 4. The first kappa shape index (κ1) is 5.30. The summed E-state index contributed by atoms with van der Waals surface area (Å²) < 4.78 is 0. The summed E-state index contributed by atoms with van der Waals surface area (Å²) >= 11 is 0. The first-order chi connectivity index (χ1) is 3.93. The van der Waals surface area contributed by atoms with Gasteiger partial charge in [0, 0.05) is 6.42 Å². The van der Waals surface area contributed by atoms with E-state index in [1.807, 2.05) is 0 Å². The Labute approximate surface area is 46.7 Å². The van der Waals surface area contributed by atoms with Gasteiger partial charge in [-0.2, -0.15) is 0 Å². The summed E-state index contributed by atoms with van der Waals surface area (Å²) in [4.78, 5) is 0. The van der Waals surface area contributed by atoms with Crippen molar-refractivity contribution in [1.29, 1.82) is 0 Å². The number of nitrogens with two attached hydrogens (primary N) is 1. The van der Waals surface area contributed by atoms with Crippen LogP contribution in [-0.2, 0) is 0 Å². The van der Waals surface area contributed by atoms with Gasteiger partial charge in [-0.25, -0.2) is 0 Å². The molecule has 0 spiro atoms. The lowest BCUT2D eigenvalue weighted by Crippen LogP contribution is -2.06. The summed E-state index contributed by atoms with van der Waals surface area (Å²) in [7, 11) is 0. The summed E-state index contributed by atoms with van der Waals surface area (Å²) in [5.74, 6) is 0. The molecule has 0 aromatic heterocycles. The van der Waals surface area contributed by atoms with Gasteiger partial charge in [-0.1, -0.05) is 0 Å². The third kappa shape index (κ3) is 1.06. The minimum absolute atomic E-state index is 0.0972. The molecule has 0 aliphatic carbocycles. The predicted molar refractivity (Wildman–Crippen MR) is 27.2 cm³/mol. The third-order valence-corrected chi connectivity index (χ3v) is 0.835. The van der Waals surface area contributed by atoms with Crippen LogP contribution in [0.5, 0.6) is 0 Å². The van der Waals surface area contributed by atoms with Crippen LogP contribution in [0.2, 0.25) is 0 Å². The molecule has 0 atom stereocenters. The zero-order valence-corrected chi connectivity index (χ0v) is 4.36. The minimum atomic E-state index is -0.0972. The molecule has 8 heavy (non-hydrogen) atoms. The van der Waals surface area contributed by atoms with Gasteiger partial charge in [-0.05, 0) is 17.0 Å². The van der Waals surface area contributed by atoms with Crippen LogP contribution in [0.1, 0.15) is 6.42 Å². The molecule has 0 bridgehead atoms. The molecular formula is C3H7N5. The van der Waals surface area contributed by atoms with E-state index in [1.54, 1.807) is 0 Å². The van der Waals surface area contributed by atoms with Gasteiger partial charge in [0.25, 0.3) is 0 Å². The second-order valence-corrected chi connectivity index (χ2v) is 1.47. The molecule has 1 heterocycles. The van der Waals surface area contributed by atoms with E-state index in [9.17, 15) is 0 Å². The van der Waals surface area contributed by atoms with Gasteiger partial charge in [0.2, 0.25) is 0 Å². The molecule has 0 saturated heterocycles. The van der Waals surface area contributed by atoms with Crippen molar-refractivity contribution in [3.05, 3.63) is 0 Å². The number of hydrogen-bond donors (Lipinski definition) is 1. The van der Waals surface area contributed by atoms with E-state index in [0.29, 0.717) is 6.54 Å². The highest BCUT2D eigenvalue weighted by atomic mass is 15.6. The smallest absolute Gasteiger partial charge is 0.186 e. The Bertz CT molecular complexity index is 105. The van der Waals surface area contributed by atoms with Crippen LogP contribution in [0.4, 0.5) is 0 Å². The van der Waals surface area contributed by atoms with Crippen molar-refractivity contribution in [1.82, 2.24) is 0 Å². The van der Waals surface area contributed by atoms with Crippen molar-refractivity contribution in [3.8, 4) is 0 Å². The Balaban J connectivity index is 2.27. The Kier molecular flexibility index (Phi) is 1.63. The fraction of sp³-hybridized carbons (Fsp3) is 1.00. The molecule has 1 rings (SSSR count). The van der Waals surface area contributed by atoms with Crippen molar-refractivity contribution >= 4 is 0 Å². The van der Waals surface area contributed by atoms with Crippen molar-refractivity contribution < 1.29 is 0 Å². The maximum absolute atomic E-state index is 5.20. The molecule has 0 aromatic rings. The SMILES string of the molecule is NCCC1N=NN=N1. The van der Waals surface area contributed by atoms with E-state index >= 15 is 0 Å². The maximum atomic E-state index is 5.20. The van der Waals surface area contributed by atoms with Crippen LogP contribution in [0.25, 0.3) is 0 Å². The molecule has 0 amide bonds. The van der Waals surface area contributed by atoms with Crippen LogP contribution in [0.3, 0.4) is 0 Å². The zero-order chi connectivity index (χ0) is 5.82. The monoisotopic (exact) mass is 113 g/mol. The molecular weight excluding hydrogens is 106 g/mol. The lowest BCUT2D eigenvalue weighted by molar-refractivity contribution is 0.645. The molecule has 0 unspecified atom stereocenters. The molecule has 2 N–H and O–H groups in total. The van der Waals surface area contributed by atoms with E-state index in [1.165, 1.54) is 0 Å². The second-order valence-electron chi connectivity index (χ2n) is 1.47. The largest absolute Gasteiger partial charge is 0.330 e. The summed E-state index contributed by atoms with van der Waals surface area (Å²) in [5, 5.41) is 13.9. The molecule has 5 nitrogen and oxygen atoms in total. The van der Waals surface area contributed by atoms with Gasteiger partial charge in [0.15, 0.2) is 6.17 Å². The lowest BCUT2D eigenvalue weighted by atomic mass is 10.4. The van der Waals surface area contributed by atoms with Crippen LogP contribution < -0.4 is 5.73 Å². The van der Waals surface area contributed by atoms with E-state index in [4.69, 9.17) is 5.73 Å². The number of hydrogen-bond acceptors (Lipinski definition) is 5. The normalized spacial score (nSPS) is 18.1. The fourth-order valence-corrected chi connectivity index (χ4v) is 0.453. The first-order valence-corrected chi connectivity index (χ1v) is 2.43. The summed E-state index contributed by atoms with van der Waals surface area (Å²) in [5.41, 5.74) is 5.20. The van der Waals surface area contributed by atoms with Crippen LogP contribution >= 0.6 is 0 Å². The van der Waals surface area contributed by atoms with Gasteiger partial charge >= 0.3 is 0 Å². The minimum Gasteiger partial charge on any atom is -0.330 e. The topological polar surface area (TPSA) is 75.5 Å². The molecule has 1 aliphatic rings. The number of rotatable bonds is 2. The summed E-state index contributed by atoms with van der Waals surface area (Å²) in [6, 6.07) is 0. The van der Waals surface area contributed by atoms with E-state index in [-0.39, 0.29) is 6.17 Å². The Morgan fingerprint density at radius 3 is 2.38 bits per heavy atom. The van der Waals surface area contributed by atoms with Gasteiger partial charge in [-0.3, -0.25) is 0 Å². The second kappa shape index (κ2) is 2.46. The van der Waals surface area contributed by atoms with Crippen molar-refractivity contribution in [2.75, 3.05) is 6.54 Å². The fourth-order valence-electron chi connectivity index (χ4n) is 0.453. The van der Waals surface area contributed by atoms with Crippen LogP contribution in [0, 0.1) is 0 Å². The highest BCUT2D eigenvalue weighted by molar-refractivity contribution is 4.60. The lowest BCUT2D eigenvalue weighted by Gasteiger charge is -1.92. The van der Waals surface area contributed by atoms with E-state index in [0.717, 1.165) is 6.42 Å². The standard InChI is InChI=1S/C3H7N5/c4-2-1-3-5-7-8-6-3/h3H,1-2,4H2. The van der Waals surface area contributed by atoms with Crippen molar-refractivity contribution in [3.63, 3.8) is 0 Å². The Morgan fingerprint density at radius 2 is 1.88 bits per heavy atom. The molecule has 0 radical (unpaired) electrons. The van der Waals surface area contributed by atoms with Gasteiger partial charge < -0.3 is 5.73 Å². The highest BCUT2D eigenvalue weighted by Gasteiger charge is 2.05. The molecule has 5 heteroatoms. The van der Waals surface area contributed by atoms with E-state index in [2.05, 4.69) is 20.7 Å². The highest BCUT2D eigenvalue weighted by Crippen LogP contribution is 2.06. The van der Waals surface area contributed by atoms with Gasteiger partial charge in [-0.15, -0.1) is 10.2 Å².